The maximum atomic E-state index is 6.28. The summed E-state index contributed by atoms with van der Waals surface area (Å²) in [6, 6.07) is 5.92. The van der Waals surface area contributed by atoms with Gasteiger partial charge in [0.05, 0.1) is 11.6 Å². The Morgan fingerprint density at radius 1 is 1.24 bits per heavy atom. The SMILES string of the molecule is C=CCCCCCOc1c(Cl)cccc1CNC(C)(C)C. The molecule has 1 aromatic rings. The Labute approximate surface area is 134 Å². The smallest absolute Gasteiger partial charge is 0.142 e. The van der Waals surface area contributed by atoms with Crippen LogP contribution in [0.1, 0.15) is 52.0 Å². The molecule has 21 heavy (non-hydrogen) atoms. The fraction of sp³-hybridized carbons (Fsp3) is 0.556. The number of allylic oxidation sites excluding steroid dienone is 1. The van der Waals surface area contributed by atoms with Crippen LogP contribution in [-0.2, 0) is 6.54 Å². The van der Waals surface area contributed by atoms with Crippen molar-refractivity contribution in [2.75, 3.05) is 6.61 Å². The third-order valence-electron chi connectivity index (χ3n) is 3.16. The molecular weight excluding hydrogens is 282 g/mol. The Kier molecular flexibility index (Phi) is 7.84. The lowest BCUT2D eigenvalue weighted by molar-refractivity contribution is 0.300. The maximum Gasteiger partial charge on any atom is 0.142 e. The van der Waals surface area contributed by atoms with Crippen LogP contribution in [-0.4, -0.2) is 12.1 Å². The first-order chi connectivity index (χ1) is 9.94. The standard InChI is InChI=1S/C18H28ClNO/c1-5-6-7-8-9-13-21-17-15(11-10-12-16(17)19)14-20-18(2,3)4/h5,10-12,20H,1,6-9,13-14H2,2-4H3. The van der Waals surface area contributed by atoms with Crippen LogP contribution < -0.4 is 10.1 Å². The molecule has 0 unspecified atom stereocenters. The van der Waals surface area contributed by atoms with Gasteiger partial charge in [-0.3, -0.25) is 0 Å². The molecule has 1 N–H and O–H groups in total. The maximum absolute atomic E-state index is 6.28. The molecule has 1 aromatic carbocycles. The quantitative estimate of drug-likeness (QED) is 0.490. The van der Waals surface area contributed by atoms with Gasteiger partial charge in [-0.25, -0.2) is 0 Å². The van der Waals surface area contributed by atoms with Gasteiger partial charge in [0.25, 0.3) is 0 Å². The van der Waals surface area contributed by atoms with Crippen LogP contribution in [0.3, 0.4) is 0 Å². The van der Waals surface area contributed by atoms with Gasteiger partial charge < -0.3 is 10.1 Å². The van der Waals surface area contributed by atoms with Gasteiger partial charge >= 0.3 is 0 Å². The van der Waals surface area contributed by atoms with E-state index in [0.29, 0.717) is 11.6 Å². The van der Waals surface area contributed by atoms with Crippen molar-refractivity contribution in [3.63, 3.8) is 0 Å². The Morgan fingerprint density at radius 2 is 2.00 bits per heavy atom. The number of hydrogen-bond donors (Lipinski definition) is 1. The van der Waals surface area contributed by atoms with Gasteiger partial charge in [-0.05, 0) is 52.5 Å². The van der Waals surface area contributed by atoms with E-state index >= 15 is 0 Å². The van der Waals surface area contributed by atoms with Crippen molar-refractivity contribution in [1.29, 1.82) is 0 Å². The summed E-state index contributed by atoms with van der Waals surface area (Å²) >= 11 is 6.28. The monoisotopic (exact) mass is 309 g/mol. The molecule has 0 radical (unpaired) electrons. The first-order valence-corrected chi connectivity index (χ1v) is 8.08. The molecule has 1 rings (SSSR count). The number of para-hydroxylation sites is 1. The first-order valence-electron chi connectivity index (χ1n) is 7.70. The zero-order valence-corrected chi connectivity index (χ0v) is 14.3. The summed E-state index contributed by atoms with van der Waals surface area (Å²) in [4.78, 5) is 0. The van der Waals surface area contributed by atoms with E-state index in [9.17, 15) is 0 Å². The molecule has 0 aliphatic carbocycles. The molecule has 0 heterocycles. The normalized spacial score (nSPS) is 11.4. The van der Waals surface area contributed by atoms with Crippen LogP contribution in [0, 0.1) is 0 Å². The van der Waals surface area contributed by atoms with Gasteiger partial charge in [0.1, 0.15) is 5.75 Å². The number of benzene rings is 1. The van der Waals surface area contributed by atoms with E-state index < -0.39 is 0 Å². The summed E-state index contributed by atoms with van der Waals surface area (Å²) in [7, 11) is 0. The molecule has 118 valence electrons. The Hall–Kier alpha value is -0.990. The van der Waals surface area contributed by atoms with Crippen molar-refractivity contribution >= 4 is 11.6 Å². The second kappa shape index (κ2) is 9.11. The van der Waals surface area contributed by atoms with Crippen LogP contribution >= 0.6 is 11.6 Å². The number of hydrogen-bond acceptors (Lipinski definition) is 2. The van der Waals surface area contributed by atoms with Crippen molar-refractivity contribution in [1.82, 2.24) is 5.32 Å². The van der Waals surface area contributed by atoms with Crippen LogP contribution in [0.15, 0.2) is 30.9 Å². The number of unbranched alkanes of at least 4 members (excludes halogenated alkanes) is 3. The lowest BCUT2D eigenvalue weighted by Gasteiger charge is -2.22. The van der Waals surface area contributed by atoms with Crippen LogP contribution in [0.4, 0.5) is 0 Å². The average Bonchev–Trinajstić information content (AvgIpc) is 2.41. The van der Waals surface area contributed by atoms with Crippen molar-refractivity contribution in [2.24, 2.45) is 0 Å². The van der Waals surface area contributed by atoms with Gasteiger partial charge in [-0.2, -0.15) is 0 Å². The third-order valence-corrected chi connectivity index (χ3v) is 3.45. The summed E-state index contributed by atoms with van der Waals surface area (Å²) in [5.74, 6) is 0.819. The summed E-state index contributed by atoms with van der Waals surface area (Å²) in [6.07, 6.45) is 6.42. The van der Waals surface area contributed by atoms with Crippen molar-refractivity contribution < 1.29 is 4.74 Å². The molecule has 0 aromatic heterocycles. The van der Waals surface area contributed by atoms with Gasteiger partial charge in [0.2, 0.25) is 0 Å². The minimum atomic E-state index is 0.0737. The molecule has 0 saturated carbocycles. The molecule has 0 aliphatic heterocycles. The average molecular weight is 310 g/mol. The lowest BCUT2D eigenvalue weighted by atomic mass is 10.1. The van der Waals surface area contributed by atoms with Crippen molar-refractivity contribution in [3.8, 4) is 5.75 Å². The van der Waals surface area contributed by atoms with E-state index in [2.05, 4.69) is 38.7 Å². The highest BCUT2D eigenvalue weighted by atomic mass is 35.5. The molecule has 0 aliphatic rings. The van der Waals surface area contributed by atoms with E-state index in [0.717, 1.165) is 37.1 Å². The Bertz CT molecular complexity index is 437. The summed E-state index contributed by atoms with van der Waals surface area (Å²) < 4.78 is 5.92. The number of rotatable bonds is 9. The predicted octanol–water partition coefficient (Wildman–Crippen LogP) is 5.35. The minimum Gasteiger partial charge on any atom is -0.492 e. The van der Waals surface area contributed by atoms with Crippen molar-refractivity contribution in [3.05, 3.63) is 41.4 Å². The molecular formula is C18H28ClNO. The summed E-state index contributed by atoms with van der Waals surface area (Å²) in [5.41, 5.74) is 1.19. The summed E-state index contributed by atoms with van der Waals surface area (Å²) in [5, 5.41) is 4.16. The zero-order chi connectivity index (χ0) is 15.7. The third kappa shape index (κ3) is 7.54. The number of ether oxygens (including phenoxy) is 1. The molecule has 0 bridgehead atoms. The van der Waals surface area contributed by atoms with Crippen LogP contribution in [0.5, 0.6) is 5.75 Å². The van der Waals surface area contributed by atoms with Crippen LogP contribution in [0.25, 0.3) is 0 Å². The van der Waals surface area contributed by atoms with Gasteiger partial charge in [-0.15, -0.1) is 6.58 Å². The minimum absolute atomic E-state index is 0.0737. The Morgan fingerprint density at radius 3 is 2.67 bits per heavy atom. The second-order valence-electron chi connectivity index (χ2n) is 6.32. The summed E-state index contributed by atoms with van der Waals surface area (Å²) in [6.45, 7) is 11.7. The molecule has 0 atom stereocenters. The van der Waals surface area contributed by atoms with Crippen molar-refractivity contribution in [2.45, 2.75) is 58.5 Å². The Balaban J connectivity index is 2.53. The second-order valence-corrected chi connectivity index (χ2v) is 6.73. The first kappa shape index (κ1) is 18.1. The molecule has 0 fully saturated rings. The van der Waals surface area contributed by atoms with Crippen LogP contribution in [0.2, 0.25) is 5.02 Å². The predicted molar refractivity (Wildman–Crippen MR) is 92.2 cm³/mol. The number of nitrogens with one attached hydrogen (secondary N) is 1. The topological polar surface area (TPSA) is 21.3 Å². The fourth-order valence-electron chi connectivity index (χ4n) is 1.96. The lowest BCUT2D eigenvalue weighted by Crippen LogP contribution is -2.35. The fourth-order valence-corrected chi connectivity index (χ4v) is 2.21. The molecule has 0 saturated heterocycles. The van der Waals surface area contributed by atoms with Gasteiger partial charge in [-0.1, -0.05) is 29.8 Å². The molecule has 2 nitrogen and oxygen atoms in total. The molecule has 0 spiro atoms. The van der Waals surface area contributed by atoms with Gasteiger partial charge in [0.15, 0.2) is 0 Å². The van der Waals surface area contributed by atoms with E-state index in [1.165, 1.54) is 6.42 Å². The molecule has 3 heteroatoms. The zero-order valence-electron chi connectivity index (χ0n) is 13.5. The van der Waals surface area contributed by atoms with E-state index in [4.69, 9.17) is 16.3 Å². The highest BCUT2D eigenvalue weighted by Crippen LogP contribution is 2.29. The molecule has 0 amide bonds. The van der Waals surface area contributed by atoms with Gasteiger partial charge in [0, 0.05) is 17.6 Å². The largest absolute Gasteiger partial charge is 0.492 e. The number of halogens is 1. The van der Waals surface area contributed by atoms with E-state index in [1.807, 2.05) is 18.2 Å². The van der Waals surface area contributed by atoms with E-state index in [-0.39, 0.29) is 5.54 Å². The highest BCUT2D eigenvalue weighted by Gasteiger charge is 2.13. The highest BCUT2D eigenvalue weighted by molar-refractivity contribution is 6.32. The van der Waals surface area contributed by atoms with E-state index in [1.54, 1.807) is 0 Å².